The fourth-order valence-corrected chi connectivity index (χ4v) is 5.65. The summed E-state index contributed by atoms with van der Waals surface area (Å²) in [5.41, 5.74) is 12.8. The lowest BCUT2D eigenvalue weighted by molar-refractivity contribution is 0.0955. The summed E-state index contributed by atoms with van der Waals surface area (Å²) in [4.78, 5) is 15.2. The fourth-order valence-electron chi connectivity index (χ4n) is 5.08. The maximum absolute atomic E-state index is 12.7. The molecule has 5 nitrogen and oxygen atoms in total. The molecule has 1 N–H and O–H groups in total. The van der Waals surface area contributed by atoms with Gasteiger partial charge in [0.05, 0.1) is 6.21 Å². The van der Waals surface area contributed by atoms with E-state index in [2.05, 4.69) is 93.1 Å². The van der Waals surface area contributed by atoms with Gasteiger partial charge in [0.15, 0.2) is 0 Å². The summed E-state index contributed by atoms with van der Waals surface area (Å²) in [5.74, 6) is -0.224. The Hall–Kier alpha value is -3.48. The lowest BCUT2D eigenvalue weighted by Crippen LogP contribution is -2.30. The van der Waals surface area contributed by atoms with Gasteiger partial charge in [-0.3, -0.25) is 9.69 Å². The number of hydrogen-bond acceptors (Lipinski definition) is 3. The highest BCUT2D eigenvalue weighted by atomic mass is 79.9. The normalized spacial score (nSPS) is 13.6. The van der Waals surface area contributed by atoms with Gasteiger partial charge in [0, 0.05) is 52.3 Å². The van der Waals surface area contributed by atoms with Gasteiger partial charge in [-0.15, -0.1) is 0 Å². The third kappa shape index (κ3) is 5.31. The summed E-state index contributed by atoms with van der Waals surface area (Å²) in [5, 5.41) is 4.27. The molecule has 2 heterocycles. The Morgan fingerprint density at radius 2 is 1.65 bits per heavy atom. The Balaban J connectivity index is 1.23. The summed E-state index contributed by atoms with van der Waals surface area (Å²) >= 11 is 3.71. The predicted octanol–water partition coefficient (Wildman–Crippen LogP) is 6.49. The van der Waals surface area contributed by atoms with E-state index in [-0.39, 0.29) is 5.91 Å². The molecule has 0 radical (unpaired) electrons. The summed E-state index contributed by atoms with van der Waals surface area (Å²) in [6.07, 6.45) is 2.79. The zero-order chi connectivity index (χ0) is 25.9. The van der Waals surface area contributed by atoms with Crippen molar-refractivity contribution in [2.45, 2.75) is 40.3 Å². The second kappa shape index (κ2) is 10.9. The van der Waals surface area contributed by atoms with Crippen molar-refractivity contribution in [2.24, 2.45) is 5.10 Å². The van der Waals surface area contributed by atoms with E-state index in [0.29, 0.717) is 5.56 Å². The average Bonchev–Trinajstić information content (AvgIpc) is 3.12. The van der Waals surface area contributed by atoms with E-state index >= 15 is 0 Å². The topological polar surface area (TPSA) is 49.6 Å². The van der Waals surface area contributed by atoms with Crippen LogP contribution in [0.5, 0.6) is 0 Å². The Kier molecular flexibility index (Phi) is 7.40. The molecule has 4 aromatic rings. The molecule has 1 aromatic heterocycles. The first-order valence-electron chi connectivity index (χ1n) is 12.6. The highest BCUT2D eigenvalue weighted by Crippen LogP contribution is 2.30. The van der Waals surface area contributed by atoms with E-state index in [0.717, 1.165) is 53.2 Å². The molecule has 5 rings (SSSR count). The third-order valence-electron chi connectivity index (χ3n) is 7.16. The van der Waals surface area contributed by atoms with Crippen molar-refractivity contribution in [3.8, 4) is 5.69 Å². The molecule has 1 aliphatic heterocycles. The van der Waals surface area contributed by atoms with Crippen molar-refractivity contribution in [3.63, 3.8) is 0 Å². The van der Waals surface area contributed by atoms with Crippen molar-refractivity contribution in [2.75, 3.05) is 6.54 Å². The first-order valence-corrected chi connectivity index (χ1v) is 13.4. The minimum atomic E-state index is -0.224. The number of carbonyl (C=O) groups is 1. The quantitative estimate of drug-likeness (QED) is 0.219. The van der Waals surface area contributed by atoms with Crippen LogP contribution >= 0.6 is 15.9 Å². The molecule has 3 aromatic carbocycles. The van der Waals surface area contributed by atoms with Crippen LogP contribution in [0, 0.1) is 20.8 Å². The average molecular weight is 556 g/mol. The Labute approximate surface area is 227 Å². The van der Waals surface area contributed by atoms with Crippen LogP contribution in [0.3, 0.4) is 0 Å². The van der Waals surface area contributed by atoms with Gasteiger partial charge in [0.2, 0.25) is 0 Å². The monoisotopic (exact) mass is 554 g/mol. The van der Waals surface area contributed by atoms with Gasteiger partial charge >= 0.3 is 0 Å². The van der Waals surface area contributed by atoms with Crippen LogP contribution in [0.1, 0.15) is 49.6 Å². The summed E-state index contributed by atoms with van der Waals surface area (Å²) < 4.78 is 3.18. The number of nitrogens with zero attached hydrogens (tertiary/aromatic N) is 3. The van der Waals surface area contributed by atoms with E-state index in [1.165, 1.54) is 22.3 Å². The van der Waals surface area contributed by atoms with Crippen LogP contribution in [-0.2, 0) is 19.5 Å². The number of benzene rings is 3. The number of hydrazone groups is 1. The van der Waals surface area contributed by atoms with Crippen LogP contribution in [0.15, 0.2) is 82.4 Å². The second-order valence-electron chi connectivity index (χ2n) is 9.65. The highest BCUT2D eigenvalue weighted by molar-refractivity contribution is 9.10. The first-order chi connectivity index (χ1) is 17.9. The highest BCUT2D eigenvalue weighted by Gasteiger charge is 2.18. The predicted molar refractivity (Wildman–Crippen MR) is 153 cm³/mol. The number of para-hydroxylation sites is 1. The first kappa shape index (κ1) is 25.2. The van der Waals surface area contributed by atoms with Crippen molar-refractivity contribution in [1.82, 2.24) is 14.9 Å². The zero-order valence-electron chi connectivity index (χ0n) is 21.5. The van der Waals surface area contributed by atoms with Gasteiger partial charge in [-0.05, 0) is 83.6 Å². The SMILES string of the molecule is Cc1ccccc1-n1c(C)c(Br)c(/C=N/NC(=O)c2ccc(CN3CCc4ccccc4C3)cc2)c1C. The Bertz CT molecular complexity index is 1470. The third-order valence-corrected chi connectivity index (χ3v) is 8.16. The van der Waals surface area contributed by atoms with Crippen molar-refractivity contribution < 1.29 is 4.79 Å². The maximum atomic E-state index is 12.7. The molecule has 0 bridgehead atoms. The standard InChI is InChI=1S/C31H31BrN4O/c1-21-8-4-7-11-29(21)36-22(2)28(30(32)23(36)3)18-33-34-31(37)26-14-12-24(13-15-26)19-35-17-16-25-9-5-6-10-27(25)20-35/h4-15,18H,16-17,19-20H2,1-3H3,(H,34,37)/b33-18+. The molecule has 0 aliphatic carbocycles. The number of carbonyl (C=O) groups excluding carboxylic acids is 1. The molecule has 0 spiro atoms. The van der Waals surface area contributed by atoms with E-state index < -0.39 is 0 Å². The van der Waals surface area contributed by atoms with E-state index in [1.54, 1.807) is 6.21 Å². The number of amides is 1. The van der Waals surface area contributed by atoms with Gasteiger partial charge < -0.3 is 4.57 Å². The summed E-state index contributed by atoms with van der Waals surface area (Å²) in [6.45, 7) is 9.13. The number of fused-ring (bicyclic) bond motifs is 1. The van der Waals surface area contributed by atoms with Crippen LogP contribution in [0.2, 0.25) is 0 Å². The number of halogens is 1. The van der Waals surface area contributed by atoms with Crippen LogP contribution < -0.4 is 5.43 Å². The second-order valence-corrected chi connectivity index (χ2v) is 10.4. The molecular weight excluding hydrogens is 524 g/mol. The summed E-state index contributed by atoms with van der Waals surface area (Å²) in [7, 11) is 0. The van der Waals surface area contributed by atoms with Gasteiger partial charge in [-0.1, -0.05) is 54.6 Å². The molecule has 0 saturated heterocycles. The molecule has 0 fully saturated rings. The molecule has 1 amide bonds. The summed E-state index contributed by atoms with van der Waals surface area (Å²) in [6, 6.07) is 24.8. The van der Waals surface area contributed by atoms with E-state index in [1.807, 2.05) is 36.4 Å². The van der Waals surface area contributed by atoms with E-state index in [9.17, 15) is 4.79 Å². The molecule has 6 heteroatoms. The molecule has 188 valence electrons. The number of aromatic nitrogens is 1. The van der Waals surface area contributed by atoms with Crippen molar-refractivity contribution >= 4 is 28.1 Å². The zero-order valence-corrected chi connectivity index (χ0v) is 23.0. The molecular formula is C31H31BrN4O. The number of nitrogens with one attached hydrogen (secondary N) is 1. The van der Waals surface area contributed by atoms with Gasteiger partial charge in [0.1, 0.15) is 0 Å². The van der Waals surface area contributed by atoms with Crippen molar-refractivity contribution in [3.05, 3.63) is 122 Å². The van der Waals surface area contributed by atoms with Gasteiger partial charge in [-0.25, -0.2) is 5.43 Å². The van der Waals surface area contributed by atoms with Crippen LogP contribution in [0.25, 0.3) is 5.69 Å². The van der Waals surface area contributed by atoms with Crippen LogP contribution in [-0.4, -0.2) is 28.1 Å². The molecule has 0 unspecified atom stereocenters. The minimum Gasteiger partial charge on any atom is -0.316 e. The maximum Gasteiger partial charge on any atom is 0.271 e. The Morgan fingerprint density at radius 3 is 2.41 bits per heavy atom. The van der Waals surface area contributed by atoms with Crippen molar-refractivity contribution in [1.29, 1.82) is 0 Å². The molecule has 0 saturated carbocycles. The molecule has 1 aliphatic rings. The Morgan fingerprint density at radius 1 is 0.946 bits per heavy atom. The molecule has 0 atom stereocenters. The lowest BCUT2D eigenvalue weighted by Gasteiger charge is -2.28. The fraction of sp³-hybridized carbons (Fsp3) is 0.226. The number of aryl methyl sites for hydroxylation is 1. The van der Waals surface area contributed by atoms with Gasteiger partial charge in [-0.2, -0.15) is 5.10 Å². The number of rotatable bonds is 6. The largest absolute Gasteiger partial charge is 0.316 e. The van der Waals surface area contributed by atoms with E-state index in [4.69, 9.17) is 0 Å². The minimum absolute atomic E-state index is 0.224. The van der Waals surface area contributed by atoms with Crippen LogP contribution in [0.4, 0.5) is 0 Å². The lowest BCUT2D eigenvalue weighted by atomic mass is 9.99. The van der Waals surface area contributed by atoms with Gasteiger partial charge in [0.25, 0.3) is 5.91 Å². The smallest absolute Gasteiger partial charge is 0.271 e. The number of hydrogen-bond donors (Lipinski definition) is 1. The molecule has 37 heavy (non-hydrogen) atoms.